The summed E-state index contributed by atoms with van der Waals surface area (Å²) in [4.78, 5) is 12.1. The molecule has 3 rings (SSSR count). The molecule has 0 N–H and O–H groups in total. The number of sulfone groups is 1. The SMILES string of the molecule is COc1cc(-c2cc(CS(C)(=O)=O)ccc2Oc2ccc(F)cc2F)cn(C)c1=O. The van der Waals surface area contributed by atoms with Crippen molar-refractivity contribution >= 4 is 9.84 Å². The summed E-state index contributed by atoms with van der Waals surface area (Å²) in [5.41, 5.74) is 1.02. The third-order valence-electron chi connectivity index (χ3n) is 4.27. The summed E-state index contributed by atoms with van der Waals surface area (Å²) in [5, 5.41) is 0. The standard InChI is InChI=1S/C21H19F2NO5S/c1-24-11-14(9-20(28-2)21(24)25)16-8-13(12-30(3,26)27)4-6-18(16)29-19-7-5-15(22)10-17(19)23/h4-11H,12H2,1-3H3. The topological polar surface area (TPSA) is 74.6 Å². The monoisotopic (exact) mass is 435 g/mol. The molecule has 0 atom stereocenters. The van der Waals surface area contributed by atoms with Crippen molar-refractivity contribution in [3.8, 4) is 28.4 Å². The van der Waals surface area contributed by atoms with Crippen LogP contribution in [0, 0.1) is 11.6 Å². The van der Waals surface area contributed by atoms with E-state index in [1.54, 1.807) is 12.1 Å². The Morgan fingerprint density at radius 1 is 1.00 bits per heavy atom. The maximum Gasteiger partial charge on any atom is 0.292 e. The van der Waals surface area contributed by atoms with Gasteiger partial charge in [0, 0.05) is 36.7 Å². The first-order chi connectivity index (χ1) is 14.1. The Hall–Kier alpha value is -3.20. The first kappa shape index (κ1) is 21.5. The van der Waals surface area contributed by atoms with Crippen LogP contribution in [0.25, 0.3) is 11.1 Å². The van der Waals surface area contributed by atoms with Crippen LogP contribution in [0.15, 0.2) is 53.5 Å². The smallest absolute Gasteiger partial charge is 0.292 e. The van der Waals surface area contributed by atoms with Crippen molar-refractivity contribution in [2.24, 2.45) is 7.05 Å². The highest BCUT2D eigenvalue weighted by atomic mass is 32.2. The van der Waals surface area contributed by atoms with Gasteiger partial charge in [-0.3, -0.25) is 4.79 Å². The zero-order chi connectivity index (χ0) is 22.1. The molecule has 30 heavy (non-hydrogen) atoms. The van der Waals surface area contributed by atoms with Gasteiger partial charge in [-0.05, 0) is 35.9 Å². The average Bonchev–Trinajstić information content (AvgIpc) is 2.66. The van der Waals surface area contributed by atoms with Crippen molar-refractivity contribution in [1.29, 1.82) is 0 Å². The number of aromatic nitrogens is 1. The molecule has 0 fully saturated rings. The number of ether oxygens (including phenoxy) is 2. The van der Waals surface area contributed by atoms with Gasteiger partial charge < -0.3 is 14.0 Å². The number of rotatable bonds is 6. The minimum absolute atomic E-state index is 0.0717. The number of aryl methyl sites for hydroxylation is 1. The lowest BCUT2D eigenvalue weighted by atomic mass is 10.0. The van der Waals surface area contributed by atoms with Crippen molar-refractivity contribution in [2.75, 3.05) is 13.4 Å². The van der Waals surface area contributed by atoms with Crippen molar-refractivity contribution in [2.45, 2.75) is 5.75 Å². The number of hydrogen-bond acceptors (Lipinski definition) is 5. The molecule has 0 amide bonds. The lowest BCUT2D eigenvalue weighted by molar-refractivity contribution is 0.405. The van der Waals surface area contributed by atoms with Crippen LogP contribution in [0.5, 0.6) is 17.2 Å². The molecule has 1 heterocycles. The molecule has 3 aromatic rings. The van der Waals surface area contributed by atoms with E-state index in [0.717, 1.165) is 18.4 Å². The quantitative estimate of drug-likeness (QED) is 0.591. The van der Waals surface area contributed by atoms with Gasteiger partial charge in [0.05, 0.1) is 12.9 Å². The lowest BCUT2D eigenvalue weighted by Gasteiger charge is -2.15. The third-order valence-corrected chi connectivity index (χ3v) is 5.13. The number of nitrogens with zero attached hydrogens (tertiary/aromatic N) is 1. The van der Waals surface area contributed by atoms with E-state index in [9.17, 15) is 22.0 Å². The fourth-order valence-corrected chi connectivity index (χ4v) is 3.72. The maximum atomic E-state index is 14.1. The molecule has 0 saturated carbocycles. The average molecular weight is 435 g/mol. The summed E-state index contributed by atoms with van der Waals surface area (Å²) in [6.45, 7) is 0. The molecule has 0 spiro atoms. The minimum Gasteiger partial charge on any atom is -0.491 e. The Kier molecular flexibility index (Phi) is 5.93. The highest BCUT2D eigenvalue weighted by molar-refractivity contribution is 7.89. The number of pyridine rings is 1. The Morgan fingerprint density at radius 3 is 2.33 bits per heavy atom. The molecule has 6 nitrogen and oxygen atoms in total. The molecular weight excluding hydrogens is 416 g/mol. The first-order valence-electron chi connectivity index (χ1n) is 8.76. The normalized spacial score (nSPS) is 11.4. The highest BCUT2D eigenvalue weighted by Crippen LogP contribution is 2.36. The van der Waals surface area contributed by atoms with Crippen LogP contribution >= 0.6 is 0 Å². The van der Waals surface area contributed by atoms with Crippen molar-refractivity contribution < 1.29 is 26.7 Å². The van der Waals surface area contributed by atoms with Gasteiger partial charge in [0.15, 0.2) is 27.2 Å². The van der Waals surface area contributed by atoms with Gasteiger partial charge >= 0.3 is 0 Å². The minimum atomic E-state index is -3.31. The summed E-state index contributed by atoms with van der Waals surface area (Å²) < 4.78 is 62.8. The molecule has 2 aromatic carbocycles. The Balaban J connectivity index is 2.17. The Bertz CT molecular complexity index is 1270. The molecule has 0 bridgehead atoms. The second kappa shape index (κ2) is 8.27. The molecule has 1 aromatic heterocycles. The van der Waals surface area contributed by atoms with Crippen LogP contribution in [0.3, 0.4) is 0 Å². The largest absolute Gasteiger partial charge is 0.491 e. The van der Waals surface area contributed by atoms with Crippen LogP contribution in [-0.2, 0) is 22.6 Å². The number of methoxy groups -OCH3 is 1. The van der Waals surface area contributed by atoms with E-state index >= 15 is 0 Å². The van der Waals surface area contributed by atoms with E-state index < -0.39 is 21.5 Å². The summed E-state index contributed by atoms with van der Waals surface area (Å²) in [7, 11) is -0.420. The van der Waals surface area contributed by atoms with E-state index in [4.69, 9.17) is 9.47 Å². The van der Waals surface area contributed by atoms with Gasteiger partial charge in [0.25, 0.3) is 5.56 Å². The van der Waals surface area contributed by atoms with Crippen LogP contribution in [0.1, 0.15) is 5.56 Å². The van der Waals surface area contributed by atoms with Gasteiger partial charge in [-0.2, -0.15) is 0 Å². The first-order valence-corrected chi connectivity index (χ1v) is 10.8. The molecule has 9 heteroatoms. The van der Waals surface area contributed by atoms with Crippen molar-refractivity contribution in [3.63, 3.8) is 0 Å². The van der Waals surface area contributed by atoms with Gasteiger partial charge in [-0.25, -0.2) is 17.2 Å². The zero-order valence-electron chi connectivity index (χ0n) is 16.5. The van der Waals surface area contributed by atoms with Gasteiger partial charge in [-0.15, -0.1) is 0 Å². The fraction of sp³-hybridized carbons (Fsp3) is 0.190. The lowest BCUT2D eigenvalue weighted by Crippen LogP contribution is -2.17. The van der Waals surface area contributed by atoms with Crippen LogP contribution in [0.2, 0.25) is 0 Å². The summed E-state index contributed by atoms with van der Waals surface area (Å²) in [5.74, 6) is -1.79. The molecule has 0 saturated heterocycles. The predicted octanol–water partition coefficient (Wildman–Crippen LogP) is 3.68. The number of hydrogen-bond donors (Lipinski definition) is 0. The zero-order valence-corrected chi connectivity index (χ0v) is 17.3. The van der Waals surface area contributed by atoms with E-state index in [2.05, 4.69) is 0 Å². The molecule has 0 aliphatic rings. The van der Waals surface area contributed by atoms with E-state index in [1.165, 1.54) is 37.1 Å². The maximum absolute atomic E-state index is 14.1. The molecule has 158 valence electrons. The van der Waals surface area contributed by atoms with E-state index in [-0.39, 0.29) is 28.6 Å². The van der Waals surface area contributed by atoms with Gasteiger partial charge in [-0.1, -0.05) is 6.07 Å². The predicted molar refractivity (Wildman–Crippen MR) is 109 cm³/mol. The third kappa shape index (κ3) is 4.85. The Morgan fingerprint density at radius 2 is 1.70 bits per heavy atom. The van der Waals surface area contributed by atoms with Crippen LogP contribution < -0.4 is 15.0 Å². The molecule has 0 aliphatic carbocycles. The molecule has 0 radical (unpaired) electrons. The molecule has 0 unspecified atom stereocenters. The van der Waals surface area contributed by atoms with E-state index in [0.29, 0.717) is 22.8 Å². The number of halogens is 2. The van der Waals surface area contributed by atoms with Crippen LogP contribution in [0.4, 0.5) is 8.78 Å². The highest BCUT2D eigenvalue weighted by Gasteiger charge is 2.16. The van der Waals surface area contributed by atoms with Crippen LogP contribution in [-0.4, -0.2) is 26.4 Å². The summed E-state index contributed by atoms with van der Waals surface area (Å²) >= 11 is 0. The van der Waals surface area contributed by atoms with Crippen molar-refractivity contribution in [3.05, 3.63) is 76.2 Å². The molecule has 0 aliphatic heterocycles. The van der Waals surface area contributed by atoms with E-state index in [1.807, 2.05) is 0 Å². The molecular formula is C21H19F2NO5S. The number of benzene rings is 2. The summed E-state index contributed by atoms with van der Waals surface area (Å²) in [6.07, 6.45) is 2.64. The fourth-order valence-electron chi connectivity index (χ4n) is 2.94. The van der Waals surface area contributed by atoms with Gasteiger partial charge in [0.1, 0.15) is 11.6 Å². The van der Waals surface area contributed by atoms with Crippen molar-refractivity contribution in [1.82, 2.24) is 4.57 Å². The Labute approximate surface area is 172 Å². The summed E-state index contributed by atoms with van der Waals surface area (Å²) in [6, 6.07) is 9.01. The van der Waals surface area contributed by atoms with Gasteiger partial charge in [0.2, 0.25) is 0 Å². The second-order valence-electron chi connectivity index (χ2n) is 6.79. The second-order valence-corrected chi connectivity index (χ2v) is 8.93.